The minimum Gasteiger partial charge on any atom is -0.351 e. The molecule has 1 aliphatic carbocycles. The molecule has 1 fully saturated rings. The summed E-state index contributed by atoms with van der Waals surface area (Å²) in [6.45, 7) is 0.554. The smallest absolute Gasteiger partial charge is 0.252 e. The lowest BCUT2D eigenvalue weighted by molar-refractivity contribution is 0.0945. The van der Waals surface area contributed by atoms with Crippen LogP contribution in [0.2, 0.25) is 0 Å². The van der Waals surface area contributed by atoms with Crippen molar-refractivity contribution in [2.45, 2.75) is 12.8 Å². The fourth-order valence-corrected chi connectivity index (χ4v) is 2.36. The fraction of sp³-hybridized carbons (Fsp3) is 0.417. The average molecular weight is 321 g/mol. The molecule has 92 valence electrons. The number of hydrogen-bond acceptors (Lipinski definition) is 1. The molecule has 1 aromatic rings. The van der Waals surface area contributed by atoms with Crippen molar-refractivity contribution in [3.63, 3.8) is 0 Å². The van der Waals surface area contributed by atoms with Gasteiger partial charge >= 0.3 is 0 Å². The van der Waals surface area contributed by atoms with Crippen LogP contribution in [-0.2, 0) is 0 Å². The van der Waals surface area contributed by atoms with Crippen LogP contribution in [0.25, 0.3) is 0 Å². The zero-order valence-corrected chi connectivity index (χ0v) is 11.4. The molecule has 0 aromatic heterocycles. The highest BCUT2D eigenvalue weighted by Gasteiger charge is 2.41. The van der Waals surface area contributed by atoms with Crippen molar-refractivity contribution >= 4 is 33.4 Å². The Hall–Kier alpha value is -0.610. The SMILES string of the molecule is O=C(NCC1(CCl)CC1)c1cc(F)ccc1Br. The molecule has 0 radical (unpaired) electrons. The molecule has 0 saturated heterocycles. The molecular weight excluding hydrogens is 308 g/mol. The van der Waals surface area contributed by atoms with E-state index in [1.54, 1.807) is 0 Å². The standard InChI is InChI=1S/C12H12BrClFNO/c13-10-2-1-8(15)5-9(10)11(17)16-7-12(6-14)3-4-12/h1-2,5H,3-4,6-7H2,(H,16,17). The number of carbonyl (C=O) groups excluding carboxylic acids is 1. The number of amides is 1. The Bertz CT molecular complexity index is 448. The first-order chi connectivity index (χ1) is 8.06. The minimum absolute atomic E-state index is 0.0665. The molecule has 1 aliphatic rings. The molecule has 0 bridgehead atoms. The van der Waals surface area contributed by atoms with E-state index >= 15 is 0 Å². The van der Waals surface area contributed by atoms with E-state index < -0.39 is 5.82 Å². The van der Waals surface area contributed by atoms with Crippen molar-refractivity contribution < 1.29 is 9.18 Å². The zero-order chi connectivity index (χ0) is 12.5. The van der Waals surface area contributed by atoms with Gasteiger partial charge in [-0.1, -0.05) is 0 Å². The summed E-state index contributed by atoms with van der Waals surface area (Å²) in [7, 11) is 0. The average Bonchev–Trinajstić information content (AvgIpc) is 3.10. The number of halogens is 3. The van der Waals surface area contributed by atoms with E-state index in [-0.39, 0.29) is 11.3 Å². The highest BCUT2D eigenvalue weighted by Crippen LogP contribution is 2.45. The molecule has 0 heterocycles. The Morgan fingerprint density at radius 1 is 1.53 bits per heavy atom. The number of nitrogens with one attached hydrogen (secondary N) is 1. The topological polar surface area (TPSA) is 29.1 Å². The Labute approximate surface area is 113 Å². The summed E-state index contributed by atoms with van der Waals surface area (Å²) in [6.07, 6.45) is 2.09. The lowest BCUT2D eigenvalue weighted by atomic mass is 10.1. The van der Waals surface area contributed by atoms with Crippen molar-refractivity contribution in [1.29, 1.82) is 0 Å². The molecule has 17 heavy (non-hydrogen) atoms. The highest BCUT2D eigenvalue weighted by molar-refractivity contribution is 9.10. The van der Waals surface area contributed by atoms with Gasteiger partial charge in [-0.15, -0.1) is 11.6 Å². The van der Waals surface area contributed by atoms with Gasteiger partial charge in [0.2, 0.25) is 0 Å². The first kappa shape index (κ1) is 12.8. The summed E-state index contributed by atoms with van der Waals surface area (Å²) >= 11 is 9.05. The summed E-state index contributed by atoms with van der Waals surface area (Å²) in [6, 6.07) is 4.06. The maximum atomic E-state index is 13.0. The van der Waals surface area contributed by atoms with Gasteiger partial charge in [-0.05, 0) is 47.0 Å². The van der Waals surface area contributed by atoms with Gasteiger partial charge in [0.25, 0.3) is 5.91 Å². The van der Waals surface area contributed by atoms with E-state index in [1.165, 1.54) is 18.2 Å². The van der Waals surface area contributed by atoms with Crippen LogP contribution >= 0.6 is 27.5 Å². The minimum atomic E-state index is -0.420. The number of rotatable bonds is 4. The van der Waals surface area contributed by atoms with E-state index in [4.69, 9.17) is 11.6 Å². The number of hydrogen-bond donors (Lipinski definition) is 1. The van der Waals surface area contributed by atoms with Gasteiger partial charge in [0.15, 0.2) is 0 Å². The van der Waals surface area contributed by atoms with E-state index in [0.717, 1.165) is 12.8 Å². The van der Waals surface area contributed by atoms with E-state index in [1.807, 2.05) is 0 Å². The largest absolute Gasteiger partial charge is 0.351 e. The summed E-state index contributed by atoms with van der Waals surface area (Å²) in [4.78, 5) is 11.9. The van der Waals surface area contributed by atoms with Crippen molar-refractivity contribution in [2.75, 3.05) is 12.4 Å². The van der Waals surface area contributed by atoms with Gasteiger partial charge < -0.3 is 5.32 Å². The normalized spacial score (nSPS) is 16.6. The van der Waals surface area contributed by atoms with Crippen LogP contribution in [0.5, 0.6) is 0 Å². The van der Waals surface area contributed by atoms with Crippen LogP contribution in [0.3, 0.4) is 0 Å². The van der Waals surface area contributed by atoms with Crippen molar-refractivity contribution in [2.24, 2.45) is 5.41 Å². The fourth-order valence-electron chi connectivity index (χ4n) is 1.57. The summed E-state index contributed by atoms with van der Waals surface area (Å²) in [5, 5.41) is 2.80. The molecule has 2 nitrogen and oxygen atoms in total. The van der Waals surface area contributed by atoms with Gasteiger partial charge in [-0.25, -0.2) is 4.39 Å². The lowest BCUT2D eigenvalue weighted by Crippen LogP contribution is -2.31. The molecule has 5 heteroatoms. The zero-order valence-electron chi connectivity index (χ0n) is 9.10. The summed E-state index contributed by atoms with van der Waals surface area (Å²) in [5.41, 5.74) is 0.382. The van der Waals surface area contributed by atoms with Crippen LogP contribution in [0.15, 0.2) is 22.7 Å². The van der Waals surface area contributed by atoms with Crippen LogP contribution in [0.4, 0.5) is 4.39 Å². The monoisotopic (exact) mass is 319 g/mol. The molecule has 2 rings (SSSR count). The molecular formula is C12H12BrClFNO. The van der Waals surface area contributed by atoms with Crippen LogP contribution in [-0.4, -0.2) is 18.3 Å². The maximum absolute atomic E-state index is 13.0. The lowest BCUT2D eigenvalue weighted by Gasteiger charge is -2.13. The summed E-state index contributed by atoms with van der Waals surface area (Å²) < 4.78 is 13.6. The predicted octanol–water partition coefficient (Wildman–Crippen LogP) is 3.34. The quantitative estimate of drug-likeness (QED) is 0.847. The van der Waals surface area contributed by atoms with Crippen molar-refractivity contribution in [3.05, 3.63) is 34.1 Å². The Morgan fingerprint density at radius 3 is 2.82 bits per heavy atom. The van der Waals surface area contributed by atoms with Crippen molar-refractivity contribution in [3.8, 4) is 0 Å². The molecule has 1 saturated carbocycles. The van der Waals surface area contributed by atoms with Crippen LogP contribution in [0.1, 0.15) is 23.2 Å². The second kappa shape index (κ2) is 4.94. The Morgan fingerprint density at radius 2 is 2.24 bits per heavy atom. The third-order valence-electron chi connectivity index (χ3n) is 3.04. The highest BCUT2D eigenvalue weighted by atomic mass is 79.9. The van der Waals surface area contributed by atoms with Gasteiger partial charge in [0.05, 0.1) is 5.56 Å². The van der Waals surface area contributed by atoms with Gasteiger partial charge in [-0.2, -0.15) is 0 Å². The van der Waals surface area contributed by atoms with E-state index in [2.05, 4.69) is 21.2 Å². The first-order valence-electron chi connectivity index (χ1n) is 5.36. The number of carbonyl (C=O) groups is 1. The van der Waals surface area contributed by atoms with Crippen LogP contribution in [0, 0.1) is 11.2 Å². The van der Waals surface area contributed by atoms with Gasteiger partial charge in [-0.3, -0.25) is 4.79 Å². The Kier molecular flexibility index (Phi) is 3.73. The van der Waals surface area contributed by atoms with E-state index in [0.29, 0.717) is 22.5 Å². The van der Waals surface area contributed by atoms with Gasteiger partial charge in [0, 0.05) is 22.3 Å². The van der Waals surface area contributed by atoms with E-state index in [9.17, 15) is 9.18 Å². The van der Waals surface area contributed by atoms with Crippen molar-refractivity contribution in [1.82, 2.24) is 5.32 Å². The summed E-state index contributed by atoms with van der Waals surface area (Å²) in [5.74, 6) is -0.137. The third kappa shape index (κ3) is 2.99. The third-order valence-corrected chi connectivity index (χ3v) is 4.30. The molecule has 1 amide bonds. The molecule has 0 aliphatic heterocycles. The maximum Gasteiger partial charge on any atom is 0.252 e. The second-order valence-corrected chi connectivity index (χ2v) is 5.56. The van der Waals surface area contributed by atoms with Crippen LogP contribution < -0.4 is 5.32 Å². The molecule has 0 unspecified atom stereocenters. The number of benzene rings is 1. The predicted molar refractivity (Wildman–Crippen MR) is 68.8 cm³/mol. The number of alkyl halides is 1. The molecule has 1 N–H and O–H groups in total. The Balaban J connectivity index is 2.02. The molecule has 1 aromatic carbocycles. The second-order valence-electron chi connectivity index (χ2n) is 4.44. The molecule has 0 atom stereocenters. The first-order valence-corrected chi connectivity index (χ1v) is 6.68. The molecule has 0 spiro atoms. The van der Waals surface area contributed by atoms with Gasteiger partial charge in [0.1, 0.15) is 5.82 Å².